The fourth-order valence-electron chi connectivity index (χ4n) is 2.48. The first kappa shape index (κ1) is 15.3. The number of carbonyl (C=O) groups is 1. The molecule has 0 unspecified atom stereocenters. The van der Waals surface area contributed by atoms with E-state index in [1.807, 2.05) is 13.8 Å². The van der Waals surface area contributed by atoms with Crippen LogP contribution in [0.5, 0.6) is 0 Å². The summed E-state index contributed by atoms with van der Waals surface area (Å²) in [5, 5.41) is 13.1. The molecule has 0 bridgehead atoms. The Kier molecular flexibility index (Phi) is 5.00. The third-order valence-corrected chi connectivity index (χ3v) is 3.91. The first-order valence-corrected chi connectivity index (χ1v) is 7.51. The van der Waals surface area contributed by atoms with Gasteiger partial charge in [-0.25, -0.2) is 4.98 Å². The van der Waals surface area contributed by atoms with Crippen LogP contribution in [0.4, 0.5) is 0 Å². The van der Waals surface area contributed by atoms with Gasteiger partial charge in [-0.2, -0.15) is 0 Å². The number of rotatable bonds is 3. The lowest BCUT2D eigenvalue weighted by Gasteiger charge is -2.28. The highest BCUT2D eigenvalue weighted by Gasteiger charge is 2.25. The molecule has 1 saturated carbocycles. The van der Waals surface area contributed by atoms with Crippen LogP contribution < -0.4 is 5.32 Å². The molecule has 1 amide bonds. The SMILES string of the molecule is CC(C)c1cc(C(=O)N[C@H]2CCCC[C@@H]2O)cc(Cl)n1. The normalized spacial score (nSPS) is 22.9. The zero-order chi connectivity index (χ0) is 14.7. The topological polar surface area (TPSA) is 62.2 Å². The highest BCUT2D eigenvalue weighted by Crippen LogP contribution is 2.20. The Hall–Kier alpha value is -1.13. The molecule has 0 radical (unpaired) electrons. The Balaban J connectivity index is 2.12. The summed E-state index contributed by atoms with van der Waals surface area (Å²) in [5.74, 6) is 0.0164. The summed E-state index contributed by atoms with van der Waals surface area (Å²) in [5.41, 5.74) is 1.30. The first-order chi connectivity index (χ1) is 9.47. The largest absolute Gasteiger partial charge is 0.391 e. The minimum Gasteiger partial charge on any atom is -0.391 e. The van der Waals surface area contributed by atoms with Crippen LogP contribution in [-0.4, -0.2) is 28.1 Å². The molecule has 1 aromatic rings. The van der Waals surface area contributed by atoms with Gasteiger partial charge in [-0.15, -0.1) is 0 Å². The predicted octanol–water partition coefficient (Wildman–Crippen LogP) is 2.89. The van der Waals surface area contributed by atoms with E-state index in [1.165, 1.54) is 0 Å². The zero-order valence-corrected chi connectivity index (χ0v) is 12.7. The highest BCUT2D eigenvalue weighted by molar-refractivity contribution is 6.29. The number of halogens is 1. The van der Waals surface area contributed by atoms with Crippen LogP contribution in [-0.2, 0) is 0 Å². The van der Waals surface area contributed by atoms with Crippen LogP contribution in [0.15, 0.2) is 12.1 Å². The van der Waals surface area contributed by atoms with E-state index in [1.54, 1.807) is 12.1 Å². The molecule has 1 aliphatic rings. The van der Waals surface area contributed by atoms with Crippen molar-refractivity contribution in [1.29, 1.82) is 0 Å². The molecule has 2 rings (SSSR count). The molecule has 1 aromatic heterocycles. The summed E-state index contributed by atoms with van der Waals surface area (Å²) in [6, 6.07) is 3.17. The van der Waals surface area contributed by atoms with Gasteiger partial charge in [0.25, 0.3) is 5.91 Å². The zero-order valence-electron chi connectivity index (χ0n) is 11.9. The van der Waals surface area contributed by atoms with E-state index in [0.29, 0.717) is 10.7 Å². The second kappa shape index (κ2) is 6.55. The van der Waals surface area contributed by atoms with E-state index in [2.05, 4.69) is 10.3 Å². The van der Waals surface area contributed by atoms with Gasteiger partial charge in [0.2, 0.25) is 0 Å². The van der Waals surface area contributed by atoms with Gasteiger partial charge in [0.05, 0.1) is 12.1 Å². The molecule has 1 heterocycles. The monoisotopic (exact) mass is 296 g/mol. The van der Waals surface area contributed by atoms with E-state index in [-0.39, 0.29) is 17.9 Å². The van der Waals surface area contributed by atoms with Gasteiger partial charge in [-0.3, -0.25) is 4.79 Å². The van der Waals surface area contributed by atoms with Crippen LogP contribution in [0, 0.1) is 0 Å². The molecule has 4 nitrogen and oxygen atoms in total. The summed E-state index contributed by atoms with van der Waals surface area (Å²) in [6.07, 6.45) is 3.18. The number of nitrogens with one attached hydrogen (secondary N) is 1. The molecule has 110 valence electrons. The fourth-order valence-corrected chi connectivity index (χ4v) is 2.69. The van der Waals surface area contributed by atoms with Crippen molar-refractivity contribution in [2.24, 2.45) is 0 Å². The van der Waals surface area contributed by atoms with Crippen molar-refractivity contribution in [3.05, 3.63) is 28.5 Å². The van der Waals surface area contributed by atoms with Crippen molar-refractivity contribution in [1.82, 2.24) is 10.3 Å². The maximum Gasteiger partial charge on any atom is 0.251 e. The molecular formula is C15H21ClN2O2. The van der Waals surface area contributed by atoms with Crippen LogP contribution in [0.1, 0.15) is 61.5 Å². The van der Waals surface area contributed by atoms with Gasteiger partial charge in [-0.1, -0.05) is 38.3 Å². The summed E-state index contributed by atoms with van der Waals surface area (Å²) < 4.78 is 0. The number of aromatic nitrogens is 1. The second-order valence-electron chi connectivity index (χ2n) is 5.69. The number of amides is 1. The minimum atomic E-state index is -0.449. The average molecular weight is 297 g/mol. The minimum absolute atomic E-state index is 0.161. The predicted molar refractivity (Wildman–Crippen MR) is 79.1 cm³/mol. The smallest absolute Gasteiger partial charge is 0.251 e. The third-order valence-electron chi connectivity index (χ3n) is 3.71. The first-order valence-electron chi connectivity index (χ1n) is 7.14. The maximum atomic E-state index is 12.3. The highest BCUT2D eigenvalue weighted by atomic mass is 35.5. The molecule has 1 fully saturated rings. The van der Waals surface area contributed by atoms with Crippen molar-refractivity contribution in [3.8, 4) is 0 Å². The van der Waals surface area contributed by atoms with Crippen molar-refractivity contribution in [2.75, 3.05) is 0 Å². The lowest BCUT2D eigenvalue weighted by molar-refractivity contribution is 0.0717. The Morgan fingerprint density at radius 2 is 2.10 bits per heavy atom. The van der Waals surface area contributed by atoms with Crippen LogP contribution in [0.25, 0.3) is 0 Å². The van der Waals surface area contributed by atoms with E-state index >= 15 is 0 Å². The number of nitrogens with zero attached hydrogens (tertiary/aromatic N) is 1. The third kappa shape index (κ3) is 3.70. The van der Waals surface area contributed by atoms with E-state index in [4.69, 9.17) is 11.6 Å². The summed E-state index contributed by atoms with van der Waals surface area (Å²) in [4.78, 5) is 16.5. The Morgan fingerprint density at radius 1 is 1.40 bits per heavy atom. The molecule has 0 aliphatic heterocycles. The number of hydrogen-bond donors (Lipinski definition) is 2. The maximum absolute atomic E-state index is 12.3. The van der Waals surface area contributed by atoms with Crippen molar-refractivity contribution >= 4 is 17.5 Å². The van der Waals surface area contributed by atoms with Gasteiger partial charge in [-0.05, 0) is 30.9 Å². The molecule has 5 heteroatoms. The molecule has 0 aromatic carbocycles. The van der Waals surface area contributed by atoms with Crippen LogP contribution in [0.2, 0.25) is 5.15 Å². The van der Waals surface area contributed by atoms with E-state index in [0.717, 1.165) is 31.4 Å². The van der Waals surface area contributed by atoms with Crippen LogP contribution >= 0.6 is 11.6 Å². The molecule has 2 N–H and O–H groups in total. The van der Waals surface area contributed by atoms with Gasteiger partial charge in [0.15, 0.2) is 0 Å². The van der Waals surface area contributed by atoms with E-state index in [9.17, 15) is 9.90 Å². The Labute approximate surface area is 124 Å². The van der Waals surface area contributed by atoms with Gasteiger partial charge >= 0.3 is 0 Å². The number of hydrogen-bond acceptors (Lipinski definition) is 3. The molecular weight excluding hydrogens is 276 g/mol. The van der Waals surface area contributed by atoms with Crippen molar-refractivity contribution < 1.29 is 9.90 Å². The number of aliphatic hydroxyl groups is 1. The van der Waals surface area contributed by atoms with Gasteiger partial charge in [0.1, 0.15) is 5.15 Å². The lowest BCUT2D eigenvalue weighted by Crippen LogP contribution is -2.45. The lowest BCUT2D eigenvalue weighted by atomic mass is 9.92. The molecule has 0 saturated heterocycles. The average Bonchev–Trinajstić information content (AvgIpc) is 2.40. The summed E-state index contributed by atoms with van der Waals surface area (Å²) >= 11 is 5.97. The van der Waals surface area contributed by atoms with Crippen molar-refractivity contribution in [2.45, 2.75) is 57.6 Å². The van der Waals surface area contributed by atoms with E-state index < -0.39 is 6.10 Å². The number of pyridine rings is 1. The quantitative estimate of drug-likeness (QED) is 0.843. The molecule has 20 heavy (non-hydrogen) atoms. The van der Waals surface area contributed by atoms with Gasteiger partial charge in [0, 0.05) is 11.3 Å². The fraction of sp³-hybridized carbons (Fsp3) is 0.600. The second-order valence-corrected chi connectivity index (χ2v) is 6.08. The number of carbonyl (C=O) groups excluding carboxylic acids is 1. The summed E-state index contributed by atoms with van der Waals surface area (Å²) in [7, 11) is 0. The van der Waals surface area contributed by atoms with Gasteiger partial charge < -0.3 is 10.4 Å². The number of aliphatic hydroxyl groups excluding tert-OH is 1. The molecule has 1 aliphatic carbocycles. The standard InChI is InChI=1S/C15H21ClN2O2/c1-9(2)12-7-10(8-14(16)17-12)15(20)18-11-5-3-4-6-13(11)19/h7-9,11,13,19H,3-6H2,1-2H3,(H,18,20)/t11-,13-/m0/s1. The summed E-state index contributed by atoms with van der Waals surface area (Å²) in [6.45, 7) is 4.01. The molecule has 2 atom stereocenters. The Morgan fingerprint density at radius 3 is 2.75 bits per heavy atom. The molecule has 0 spiro atoms. The van der Waals surface area contributed by atoms with Crippen LogP contribution in [0.3, 0.4) is 0 Å². The Bertz CT molecular complexity index is 491. The van der Waals surface area contributed by atoms with Crippen molar-refractivity contribution in [3.63, 3.8) is 0 Å².